The van der Waals surface area contributed by atoms with Crippen LogP contribution < -0.4 is 11.1 Å². The zero-order valence-corrected chi connectivity index (χ0v) is 12.3. The van der Waals surface area contributed by atoms with Crippen LogP contribution in [0.5, 0.6) is 0 Å². The van der Waals surface area contributed by atoms with Gasteiger partial charge in [-0.1, -0.05) is 19.1 Å². The van der Waals surface area contributed by atoms with Crippen molar-refractivity contribution in [3.63, 3.8) is 0 Å². The lowest BCUT2D eigenvalue weighted by atomic mass is 10.1. The first-order chi connectivity index (χ1) is 8.04. The fourth-order valence-electron chi connectivity index (χ4n) is 1.69. The number of hydrogen-bond donors (Lipinski definition) is 2. The van der Waals surface area contributed by atoms with E-state index in [1.807, 2.05) is 30.8 Å². The molecule has 0 bridgehead atoms. The minimum Gasteiger partial charge on any atom is -0.389 e. The van der Waals surface area contributed by atoms with Crippen molar-refractivity contribution < 1.29 is 0 Å². The molecular formula is C13H20N2S2. The molecule has 1 aromatic carbocycles. The van der Waals surface area contributed by atoms with Gasteiger partial charge in [-0.05, 0) is 48.6 Å². The van der Waals surface area contributed by atoms with Crippen molar-refractivity contribution in [1.29, 1.82) is 0 Å². The Bertz CT molecular complexity index is 391. The molecule has 1 rings (SSSR count). The molecule has 0 aliphatic rings. The molecule has 1 aromatic rings. The standard InChI is InChI=1S/C13H20N2S2/c1-9(8-17-3)7-15-11-4-5-12(13(14)16)10(2)6-11/h4-6,9,15H,7-8H2,1-3H3,(H2,14,16). The summed E-state index contributed by atoms with van der Waals surface area (Å²) >= 11 is 6.87. The Kier molecular flexibility index (Phi) is 5.78. The number of thiocarbonyl (C=S) groups is 1. The van der Waals surface area contributed by atoms with Gasteiger partial charge in [0, 0.05) is 17.8 Å². The minimum absolute atomic E-state index is 0.463. The van der Waals surface area contributed by atoms with Gasteiger partial charge in [-0.2, -0.15) is 11.8 Å². The number of aryl methyl sites for hydroxylation is 1. The van der Waals surface area contributed by atoms with Gasteiger partial charge < -0.3 is 11.1 Å². The largest absolute Gasteiger partial charge is 0.389 e. The Hall–Kier alpha value is -0.740. The second-order valence-corrected chi connectivity index (χ2v) is 5.69. The van der Waals surface area contributed by atoms with Crippen LogP contribution in [0.25, 0.3) is 0 Å². The highest BCUT2D eigenvalue weighted by atomic mass is 32.2. The zero-order valence-electron chi connectivity index (χ0n) is 10.6. The normalized spacial score (nSPS) is 12.2. The van der Waals surface area contributed by atoms with E-state index in [0.29, 0.717) is 10.9 Å². The van der Waals surface area contributed by atoms with Crippen LogP contribution in [0.15, 0.2) is 18.2 Å². The number of nitrogens with one attached hydrogen (secondary N) is 1. The lowest BCUT2D eigenvalue weighted by molar-refractivity contribution is 0.701. The van der Waals surface area contributed by atoms with E-state index in [9.17, 15) is 0 Å². The van der Waals surface area contributed by atoms with Crippen molar-refractivity contribution in [3.8, 4) is 0 Å². The van der Waals surface area contributed by atoms with Gasteiger partial charge in [-0.3, -0.25) is 0 Å². The molecule has 0 aliphatic heterocycles. The summed E-state index contributed by atoms with van der Waals surface area (Å²) in [6.07, 6.45) is 2.14. The molecule has 0 amide bonds. The third-order valence-electron chi connectivity index (χ3n) is 2.60. The highest BCUT2D eigenvalue weighted by Crippen LogP contribution is 2.16. The molecular weight excluding hydrogens is 248 g/mol. The topological polar surface area (TPSA) is 38.0 Å². The number of hydrogen-bond acceptors (Lipinski definition) is 3. The van der Waals surface area contributed by atoms with Crippen LogP contribution in [-0.4, -0.2) is 23.5 Å². The first-order valence-corrected chi connectivity index (χ1v) is 7.48. The molecule has 0 aliphatic carbocycles. The minimum atomic E-state index is 0.463. The third kappa shape index (κ3) is 4.56. The first-order valence-electron chi connectivity index (χ1n) is 5.68. The van der Waals surface area contributed by atoms with E-state index in [-0.39, 0.29) is 0 Å². The Balaban J connectivity index is 2.62. The van der Waals surface area contributed by atoms with Crippen LogP contribution in [0.2, 0.25) is 0 Å². The quantitative estimate of drug-likeness (QED) is 0.778. The summed E-state index contributed by atoms with van der Waals surface area (Å²) in [5.74, 6) is 1.84. The second-order valence-electron chi connectivity index (χ2n) is 4.34. The Morgan fingerprint density at radius 1 is 1.53 bits per heavy atom. The maximum atomic E-state index is 5.63. The Morgan fingerprint density at radius 3 is 2.76 bits per heavy atom. The number of thioether (sulfide) groups is 1. The van der Waals surface area contributed by atoms with Crippen LogP contribution in [0.3, 0.4) is 0 Å². The van der Waals surface area contributed by atoms with Crippen LogP contribution in [0.4, 0.5) is 5.69 Å². The SMILES string of the molecule is CSCC(C)CNc1ccc(C(N)=S)c(C)c1. The molecule has 2 nitrogen and oxygen atoms in total. The second kappa shape index (κ2) is 6.87. The maximum Gasteiger partial charge on any atom is 0.104 e. The van der Waals surface area contributed by atoms with E-state index in [2.05, 4.69) is 24.6 Å². The van der Waals surface area contributed by atoms with E-state index in [0.717, 1.165) is 23.4 Å². The predicted octanol–water partition coefficient (Wildman–Crippen LogP) is 3.04. The fourth-order valence-corrected chi connectivity index (χ4v) is 2.60. The fraction of sp³-hybridized carbons (Fsp3) is 0.462. The summed E-state index contributed by atoms with van der Waals surface area (Å²) in [6.45, 7) is 5.28. The van der Waals surface area contributed by atoms with Gasteiger partial charge in [0.1, 0.15) is 4.99 Å². The summed E-state index contributed by atoms with van der Waals surface area (Å²) in [7, 11) is 0. The van der Waals surface area contributed by atoms with Crippen LogP contribution in [0, 0.1) is 12.8 Å². The van der Waals surface area contributed by atoms with Gasteiger partial charge in [0.2, 0.25) is 0 Å². The number of nitrogens with two attached hydrogens (primary N) is 1. The van der Waals surface area contributed by atoms with Gasteiger partial charge in [0.05, 0.1) is 0 Å². The lowest BCUT2D eigenvalue weighted by Crippen LogP contribution is -2.14. The first kappa shape index (κ1) is 14.3. The van der Waals surface area contributed by atoms with Crippen molar-refractivity contribution in [1.82, 2.24) is 0 Å². The van der Waals surface area contributed by atoms with E-state index < -0.39 is 0 Å². The van der Waals surface area contributed by atoms with Gasteiger partial charge in [-0.25, -0.2) is 0 Å². The summed E-state index contributed by atoms with van der Waals surface area (Å²) < 4.78 is 0. The van der Waals surface area contributed by atoms with Crippen molar-refractivity contribution >= 4 is 34.7 Å². The van der Waals surface area contributed by atoms with E-state index in [1.165, 1.54) is 5.75 Å². The van der Waals surface area contributed by atoms with Crippen LogP contribution >= 0.6 is 24.0 Å². The van der Waals surface area contributed by atoms with Gasteiger partial charge in [0.25, 0.3) is 0 Å². The molecule has 0 aromatic heterocycles. The van der Waals surface area contributed by atoms with Crippen LogP contribution in [-0.2, 0) is 0 Å². The van der Waals surface area contributed by atoms with Gasteiger partial charge in [0.15, 0.2) is 0 Å². The predicted molar refractivity (Wildman–Crippen MR) is 83.1 cm³/mol. The number of benzene rings is 1. The molecule has 3 N–H and O–H groups in total. The Labute approximate surface area is 113 Å². The van der Waals surface area contributed by atoms with Crippen LogP contribution in [0.1, 0.15) is 18.1 Å². The third-order valence-corrected chi connectivity index (χ3v) is 3.72. The summed E-state index contributed by atoms with van der Waals surface area (Å²) in [4.78, 5) is 0.463. The van der Waals surface area contributed by atoms with Crippen molar-refractivity contribution in [3.05, 3.63) is 29.3 Å². The van der Waals surface area contributed by atoms with E-state index in [1.54, 1.807) is 0 Å². The monoisotopic (exact) mass is 268 g/mol. The molecule has 0 heterocycles. The molecule has 17 heavy (non-hydrogen) atoms. The zero-order chi connectivity index (χ0) is 12.8. The smallest absolute Gasteiger partial charge is 0.104 e. The van der Waals surface area contributed by atoms with Crippen molar-refractivity contribution in [2.24, 2.45) is 11.7 Å². The van der Waals surface area contributed by atoms with Crippen molar-refractivity contribution in [2.45, 2.75) is 13.8 Å². The highest BCUT2D eigenvalue weighted by molar-refractivity contribution is 7.98. The summed E-state index contributed by atoms with van der Waals surface area (Å²) in [6, 6.07) is 6.12. The molecule has 0 saturated heterocycles. The molecule has 0 radical (unpaired) electrons. The Morgan fingerprint density at radius 2 is 2.24 bits per heavy atom. The maximum absolute atomic E-state index is 5.63. The average molecular weight is 268 g/mol. The molecule has 0 saturated carbocycles. The van der Waals surface area contributed by atoms with E-state index in [4.69, 9.17) is 18.0 Å². The molecule has 1 unspecified atom stereocenters. The molecule has 0 fully saturated rings. The highest BCUT2D eigenvalue weighted by Gasteiger charge is 2.04. The lowest BCUT2D eigenvalue weighted by Gasteiger charge is -2.13. The number of anilines is 1. The molecule has 4 heteroatoms. The van der Waals surface area contributed by atoms with Gasteiger partial charge >= 0.3 is 0 Å². The van der Waals surface area contributed by atoms with Crippen molar-refractivity contribution in [2.75, 3.05) is 23.9 Å². The van der Waals surface area contributed by atoms with Gasteiger partial charge in [-0.15, -0.1) is 0 Å². The molecule has 94 valence electrons. The average Bonchev–Trinajstić information content (AvgIpc) is 2.26. The summed E-state index contributed by atoms with van der Waals surface area (Å²) in [5.41, 5.74) is 8.86. The molecule has 1 atom stereocenters. The molecule has 0 spiro atoms. The number of rotatable bonds is 6. The summed E-state index contributed by atoms with van der Waals surface area (Å²) in [5, 5.41) is 3.44. The van der Waals surface area contributed by atoms with E-state index >= 15 is 0 Å².